The molecule has 8 aromatic rings. The number of pyridine rings is 6. The van der Waals surface area contributed by atoms with Crippen molar-refractivity contribution in [2.45, 2.75) is 11.9 Å². The highest BCUT2D eigenvalue weighted by Crippen LogP contribution is 2.17. The van der Waals surface area contributed by atoms with Crippen molar-refractivity contribution in [2.75, 3.05) is 4.93 Å². The Morgan fingerprint density at radius 3 is 1.06 bits per heavy atom. The highest BCUT2D eigenvalue weighted by atomic mass is 127. The third-order valence-corrected chi connectivity index (χ3v) is 10.9. The van der Waals surface area contributed by atoms with Gasteiger partial charge in [-0.15, -0.1) is 0 Å². The molecule has 0 N–H and O–H groups in total. The van der Waals surface area contributed by atoms with E-state index in [1.54, 1.807) is 24.8 Å². The van der Waals surface area contributed by atoms with Gasteiger partial charge >= 0.3 is 0 Å². The summed E-state index contributed by atoms with van der Waals surface area (Å²) < 4.78 is 6.25. The first-order chi connectivity index (χ1) is 29.9. The second-order valence-electron chi connectivity index (χ2n) is 13.1. The zero-order valence-corrected chi connectivity index (χ0v) is 43.9. The Balaban J connectivity index is 0.000000227. The van der Waals surface area contributed by atoms with Gasteiger partial charge in [-0.05, 0) is 80.3 Å². The summed E-state index contributed by atoms with van der Waals surface area (Å²) in [6.45, 7) is 4.91. The molecule has 0 aliphatic carbocycles. The predicted molar refractivity (Wildman–Crippen MR) is 275 cm³/mol. The van der Waals surface area contributed by atoms with Crippen molar-refractivity contribution in [3.8, 4) is 33.4 Å². The van der Waals surface area contributed by atoms with Crippen LogP contribution in [0.25, 0.3) is 33.4 Å². The van der Waals surface area contributed by atoms with Crippen molar-refractivity contribution >= 4 is 102 Å². The highest BCUT2D eigenvalue weighted by molar-refractivity contribution is 14.1. The summed E-state index contributed by atoms with van der Waals surface area (Å²) in [7, 11) is 5.81. The lowest BCUT2D eigenvalue weighted by molar-refractivity contribution is -0.688. The van der Waals surface area contributed by atoms with Crippen molar-refractivity contribution in [1.82, 2.24) is 15.0 Å². The second kappa shape index (κ2) is 31.3. The van der Waals surface area contributed by atoms with E-state index in [1.807, 2.05) is 103 Å². The molecule has 0 saturated heterocycles. The summed E-state index contributed by atoms with van der Waals surface area (Å²) in [5.74, 6) is 0. The molecule has 0 saturated carbocycles. The van der Waals surface area contributed by atoms with Crippen LogP contribution in [0.3, 0.4) is 0 Å². The average Bonchev–Trinajstić information content (AvgIpc) is 3.33. The van der Waals surface area contributed by atoms with Crippen molar-refractivity contribution in [3.05, 3.63) is 207 Å². The molecule has 0 aliphatic heterocycles. The summed E-state index contributed by atoms with van der Waals surface area (Å²) in [5.41, 5.74) is 12.2. The summed E-state index contributed by atoms with van der Waals surface area (Å²) in [4.78, 5) is 13.9. The minimum atomic E-state index is 0. The Bertz CT molecular complexity index is 2400. The fourth-order valence-corrected chi connectivity index (χ4v) is 7.20. The topological polar surface area (TPSA) is 50.3 Å². The number of hydrogen-bond acceptors (Lipinski definition) is 5. The smallest absolute Gasteiger partial charge is 0.236 e. The van der Waals surface area contributed by atoms with Crippen LogP contribution in [0, 0.1) is 0 Å². The SMILES string of the molecule is CI.C[n+]1ccc(-c2cc[n+](Cc3ccc([B]P=S)cc3)cc2)cc1.C[n+]1ccc(-c2ccncc2)cc1.S=P[B]c1ccc(CBr)cc1.[I-].c1cc(-c2ccncc2)ccn1. The Kier molecular flexibility index (Phi) is 26.7. The van der Waals surface area contributed by atoms with Gasteiger partial charge in [0.15, 0.2) is 43.7 Å². The summed E-state index contributed by atoms with van der Waals surface area (Å²) in [6.07, 6.45) is 23.2. The van der Waals surface area contributed by atoms with Crippen molar-refractivity contribution in [1.29, 1.82) is 0 Å². The van der Waals surface area contributed by atoms with Crippen LogP contribution in [-0.4, -0.2) is 33.9 Å². The first kappa shape index (κ1) is 52.8. The van der Waals surface area contributed by atoms with Crippen molar-refractivity contribution < 1.29 is 37.7 Å². The van der Waals surface area contributed by atoms with Crippen LogP contribution in [0.2, 0.25) is 0 Å². The Labute approximate surface area is 421 Å². The number of hydrogen-bond donors (Lipinski definition) is 0. The monoisotopic (exact) mass is 1170 g/mol. The van der Waals surface area contributed by atoms with Crippen molar-refractivity contribution in [2.24, 2.45) is 14.1 Å². The maximum atomic E-state index is 4.94. The minimum absolute atomic E-state index is 0. The van der Waals surface area contributed by atoms with E-state index in [9.17, 15) is 0 Å². The van der Waals surface area contributed by atoms with Crippen molar-refractivity contribution in [3.63, 3.8) is 0 Å². The summed E-state index contributed by atoms with van der Waals surface area (Å²) >= 11 is 15.3. The van der Waals surface area contributed by atoms with Gasteiger partial charge in [0.05, 0.1) is 0 Å². The molecule has 0 atom stereocenters. The van der Waals surface area contributed by atoms with E-state index >= 15 is 0 Å². The fraction of sp³-hybridized carbons (Fsp3) is 0.106. The molecule has 6 aromatic heterocycles. The van der Waals surface area contributed by atoms with Crippen LogP contribution >= 0.6 is 53.0 Å². The zero-order valence-electron chi connectivity index (χ0n) is 34.6. The number of nitrogens with zero attached hydrogens (tertiary/aromatic N) is 6. The largest absolute Gasteiger partial charge is 1.00 e. The van der Waals surface area contributed by atoms with Gasteiger partial charge in [-0.25, -0.2) is 13.7 Å². The van der Waals surface area contributed by atoms with Gasteiger partial charge in [0.25, 0.3) is 0 Å². The third kappa shape index (κ3) is 19.5. The first-order valence-corrected chi connectivity index (χ1v) is 26.2. The van der Waals surface area contributed by atoms with Gasteiger partial charge in [0.1, 0.15) is 14.1 Å². The van der Waals surface area contributed by atoms with E-state index < -0.39 is 0 Å². The normalized spacial score (nSPS) is 9.76. The Morgan fingerprint density at radius 1 is 0.468 bits per heavy atom. The molecule has 310 valence electrons. The number of alkyl halides is 2. The fourth-order valence-electron chi connectivity index (χ4n) is 5.51. The molecule has 0 spiro atoms. The maximum Gasteiger partial charge on any atom is 0.236 e. The highest BCUT2D eigenvalue weighted by Gasteiger charge is 2.06. The Hall–Kier alpha value is -3.55. The standard InChI is InChI=1S/C18H17BN2PS.C11H11N2.C10H8N2.C7H6BBrPS.CH3I.HI/c1-20-10-6-16(7-11-20)17-8-12-21(13-9-17)14-15-2-4-18(5-3-15)19-22-23;1-13-8-4-11(5-9-13)10-2-6-12-7-3-10;1-5-11-6-2-9(1)10-3-7-12-8-4-10;9-5-6-1-3-7(4-2-6)8-10-11;1-2;/h2-13H,14H2,1H3;2-9H,1H3;1-8H;1-4H,5H2;1H3;1H/q+2;+1;;;;/p-1. The molecule has 62 heavy (non-hydrogen) atoms. The van der Waals surface area contributed by atoms with Gasteiger partial charge in [-0.2, -0.15) is 0 Å². The number of benzene rings is 2. The van der Waals surface area contributed by atoms with E-state index in [0.29, 0.717) is 0 Å². The van der Waals surface area contributed by atoms with Gasteiger partial charge < -0.3 is 24.0 Å². The molecule has 0 aliphatic rings. The molecular formula is C47H45B2BrI2N6P2S2+2. The molecular weight excluding hydrogens is 1130 g/mol. The Morgan fingerprint density at radius 2 is 0.758 bits per heavy atom. The van der Waals surface area contributed by atoms with Gasteiger partial charge in [0, 0.05) is 84.5 Å². The quantitative estimate of drug-likeness (QED) is 0.0540. The molecule has 15 heteroatoms. The van der Waals surface area contributed by atoms with E-state index in [-0.39, 0.29) is 24.0 Å². The molecule has 2 aromatic carbocycles. The number of aromatic nitrogens is 6. The van der Waals surface area contributed by atoms with E-state index in [2.05, 4.69) is 168 Å². The molecule has 6 nitrogen and oxygen atoms in total. The second-order valence-corrected chi connectivity index (χ2v) is 15.8. The van der Waals surface area contributed by atoms with Crippen LogP contribution < -0.4 is 48.6 Å². The van der Waals surface area contributed by atoms with Crippen LogP contribution in [0.1, 0.15) is 11.1 Å². The molecule has 2 radical (unpaired) electrons. The minimum Gasteiger partial charge on any atom is -1.00 e. The van der Waals surface area contributed by atoms with Gasteiger partial charge in [-0.1, -0.05) is 136 Å². The number of rotatable bonds is 10. The van der Waals surface area contributed by atoms with Gasteiger partial charge in [0.2, 0.25) is 14.0 Å². The van der Waals surface area contributed by atoms with E-state index in [1.165, 1.54) is 55.4 Å². The summed E-state index contributed by atoms with van der Waals surface area (Å²) in [5, 5.41) is 0.916. The molecule has 0 bridgehead atoms. The van der Waals surface area contributed by atoms with E-state index in [4.69, 9.17) is 23.6 Å². The molecule has 8 rings (SSSR count). The number of halogens is 3. The predicted octanol–water partition coefficient (Wildman–Crippen LogP) is 6.17. The lowest BCUT2D eigenvalue weighted by atomic mass is 9.93. The molecule has 0 unspecified atom stereocenters. The van der Waals surface area contributed by atoms with Gasteiger partial charge in [-0.3, -0.25) is 15.0 Å². The maximum absolute atomic E-state index is 4.94. The third-order valence-electron chi connectivity index (χ3n) is 8.77. The lowest BCUT2D eigenvalue weighted by Crippen LogP contribution is -3.00. The zero-order chi connectivity index (χ0) is 43.5. The summed E-state index contributed by atoms with van der Waals surface area (Å²) in [6, 6.07) is 41.6. The molecule has 0 fully saturated rings. The first-order valence-electron chi connectivity index (χ1n) is 19.0. The van der Waals surface area contributed by atoms with E-state index in [0.717, 1.165) is 26.3 Å². The lowest BCUT2D eigenvalue weighted by Gasteiger charge is -2.02. The van der Waals surface area contributed by atoms with Crippen LogP contribution in [0.15, 0.2) is 196 Å². The van der Waals surface area contributed by atoms with Crippen LogP contribution in [-0.2, 0) is 49.6 Å². The average molecular weight is 1180 g/mol. The molecule has 0 amide bonds. The van der Waals surface area contributed by atoms with Crippen LogP contribution in [0.4, 0.5) is 0 Å². The van der Waals surface area contributed by atoms with Crippen LogP contribution in [0.5, 0.6) is 0 Å². The molecule has 6 heterocycles. The number of aryl methyl sites for hydroxylation is 2.